The van der Waals surface area contributed by atoms with Crippen LogP contribution in [0.25, 0.3) is 11.4 Å². The number of Topliss-reactive ketones (excluding diaryl/α,β-unsaturated/α-hetero) is 1. The molecule has 0 aliphatic heterocycles. The minimum Gasteiger partial charge on any atom is -0.418 e. The highest BCUT2D eigenvalue weighted by atomic mass is 16.4. The van der Waals surface area contributed by atoms with Crippen LogP contribution in [-0.4, -0.2) is 43.4 Å². The van der Waals surface area contributed by atoms with Crippen molar-refractivity contribution in [2.24, 2.45) is 5.92 Å². The number of amides is 2. The van der Waals surface area contributed by atoms with E-state index in [-0.39, 0.29) is 23.3 Å². The first-order valence-corrected chi connectivity index (χ1v) is 11.5. The maximum atomic E-state index is 13.1. The van der Waals surface area contributed by atoms with Crippen molar-refractivity contribution in [1.29, 1.82) is 0 Å². The lowest BCUT2D eigenvalue weighted by Crippen LogP contribution is -2.46. The van der Waals surface area contributed by atoms with Crippen LogP contribution in [0.5, 0.6) is 0 Å². The van der Waals surface area contributed by atoms with E-state index < -0.39 is 41.2 Å². The third-order valence-electron chi connectivity index (χ3n) is 5.23. The van der Waals surface area contributed by atoms with Gasteiger partial charge in [-0.3, -0.25) is 23.7 Å². The molecule has 2 aromatic heterocycles. The van der Waals surface area contributed by atoms with Gasteiger partial charge >= 0.3 is 0 Å². The van der Waals surface area contributed by atoms with E-state index in [1.807, 2.05) is 26.8 Å². The van der Waals surface area contributed by atoms with E-state index >= 15 is 0 Å². The SMILES string of the molecule is CC(=O)Nc1cnc(-c2ccccc2)n(CC(=O)N[C@H](C(=O)c2nnc(C(C)(C)C)o2)C(C)C)c1=O. The Morgan fingerprint density at radius 2 is 1.75 bits per heavy atom. The summed E-state index contributed by atoms with van der Waals surface area (Å²) in [5.74, 6) is -1.53. The maximum Gasteiger partial charge on any atom is 0.286 e. The van der Waals surface area contributed by atoms with Gasteiger partial charge in [-0.2, -0.15) is 0 Å². The van der Waals surface area contributed by atoms with Crippen LogP contribution in [-0.2, 0) is 21.5 Å². The molecule has 190 valence electrons. The van der Waals surface area contributed by atoms with Gasteiger partial charge < -0.3 is 15.1 Å². The number of hydrogen-bond donors (Lipinski definition) is 2. The summed E-state index contributed by atoms with van der Waals surface area (Å²) in [4.78, 5) is 55.2. The van der Waals surface area contributed by atoms with Gasteiger partial charge in [-0.15, -0.1) is 10.2 Å². The monoisotopic (exact) mass is 494 g/mol. The molecule has 0 radical (unpaired) electrons. The molecule has 2 N–H and O–H groups in total. The Labute approximate surface area is 208 Å². The zero-order chi connectivity index (χ0) is 26.6. The summed E-state index contributed by atoms with van der Waals surface area (Å²) in [5, 5.41) is 12.9. The average Bonchev–Trinajstić information content (AvgIpc) is 3.31. The van der Waals surface area contributed by atoms with Crippen LogP contribution in [0, 0.1) is 5.92 Å². The Balaban J connectivity index is 1.91. The molecule has 1 aromatic carbocycles. The van der Waals surface area contributed by atoms with Gasteiger partial charge in [-0.05, 0) is 5.92 Å². The molecule has 0 unspecified atom stereocenters. The molecule has 0 bridgehead atoms. The van der Waals surface area contributed by atoms with Crippen LogP contribution in [0.3, 0.4) is 0 Å². The number of nitrogens with zero attached hydrogens (tertiary/aromatic N) is 4. The second-order valence-corrected chi connectivity index (χ2v) is 9.75. The molecular formula is C25H30N6O5. The lowest BCUT2D eigenvalue weighted by Gasteiger charge is -2.21. The molecule has 0 fully saturated rings. The van der Waals surface area contributed by atoms with Crippen molar-refractivity contribution in [2.45, 2.75) is 59.5 Å². The van der Waals surface area contributed by atoms with Crippen molar-refractivity contribution in [3.63, 3.8) is 0 Å². The number of anilines is 1. The summed E-state index contributed by atoms with van der Waals surface area (Å²) in [5.41, 5.74) is -0.502. The van der Waals surface area contributed by atoms with Gasteiger partial charge in [0.2, 0.25) is 23.5 Å². The molecule has 1 atom stereocenters. The number of aromatic nitrogens is 4. The largest absolute Gasteiger partial charge is 0.418 e. The number of nitrogens with one attached hydrogen (secondary N) is 2. The van der Waals surface area contributed by atoms with E-state index in [4.69, 9.17) is 4.42 Å². The zero-order valence-corrected chi connectivity index (χ0v) is 21.2. The predicted octanol–water partition coefficient (Wildman–Crippen LogP) is 2.57. The van der Waals surface area contributed by atoms with Gasteiger partial charge in [0.25, 0.3) is 11.4 Å². The molecule has 0 spiro atoms. The van der Waals surface area contributed by atoms with E-state index in [2.05, 4.69) is 25.8 Å². The summed E-state index contributed by atoms with van der Waals surface area (Å²) in [6.07, 6.45) is 1.25. The summed E-state index contributed by atoms with van der Waals surface area (Å²) < 4.78 is 6.72. The molecular weight excluding hydrogens is 464 g/mol. The number of carbonyl (C=O) groups excluding carboxylic acids is 3. The Bertz CT molecular complexity index is 1320. The Hall–Kier alpha value is -4.15. The molecule has 3 rings (SSSR count). The minimum atomic E-state index is -0.965. The fourth-order valence-electron chi connectivity index (χ4n) is 3.39. The van der Waals surface area contributed by atoms with Crippen LogP contribution in [0.2, 0.25) is 0 Å². The molecule has 36 heavy (non-hydrogen) atoms. The average molecular weight is 495 g/mol. The highest BCUT2D eigenvalue weighted by Gasteiger charge is 2.31. The quantitative estimate of drug-likeness (QED) is 0.454. The lowest BCUT2D eigenvalue weighted by atomic mass is 9.97. The van der Waals surface area contributed by atoms with Crippen LogP contribution >= 0.6 is 0 Å². The predicted molar refractivity (Wildman–Crippen MR) is 132 cm³/mol. The number of hydrogen-bond acceptors (Lipinski definition) is 8. The summed E-state index contributed by atoms with van der Waals surface area (Å²) in [6.45, 7) is 10.00. The normalized spacial score (nSPS) is 12.3. The van der Waals surface area contributed by atoms with E-state index in [1.165, 1.54) is 13.1 Å². The van der Waals surface area contributed by atoms with Crippen LogP contribution in [0.4, 0.5) is 5.69 Å². The number of carbonyl (C=O) groups is 3. The third kappa shape index (κ3) is 6.09. The van der Waals surface area contributed by atoms with Crippen molar-refractivity contribution in [3.8, 4) is 11.4 Å². The molecule has 0 saturated carbocycles. The first kappa shape index (κ1) is 26.5. The van der Waals surface area contributed by atoms with Crippen LogP contribution in [0.15, 0.2) is 45.7 Å². The molecule has 0 saturated heterocycles. The summed E-state index contributed by atoms with van der Waals surface area (Å²) in [6, 6.07) is 7.89. The van der Waals surface area contributed by atoms with E-state index in [1.54, 1.807) is 38.1 Å². The van der Waals surface area contributed by atoms with E-state index in [0.717, 1.165) is 4.57 Å². The molecule has 3 aromatic rings. The van der Waals surface area contributed by atoms with Gasteiger partial charge in [-0.1, -0.05) is 65.0 Å². The highest BCUT2D eigenvalue weighted by Crippen LogP contribution is 2.21. The molecule has 2 amide bonds. The van der Waals surface area contributed by atoms with Gasteiger partial charge in [0.05, 0.1) is 12.2 Å². The first-order chi connectivity index (χ1) is 16.9. The number of benzene rings is 1. The number of ketones is 1. The van der Waals surface area contributed by atoms with Crippen molar-refractivity contribution < 1.29 is 18.8 Å². The fourth-order valence-corrected chi connectivity index (χ4v) is 3.39. The fraction of sp³-hybridized carbons (Fsp3) is 0.400. The van der Waals surface area contributed by atoms with Gasteiger partial charge in [0.1, 0.15) is 18.1 Å². The standard InChI is InChI=1S/C25H30N6O5/c1-14(2)19(20(34)22-29-30-24(36-22)25(4,5)6)28-18(33)13-31-21(16-10-8-7-9-11-16)26-12-17(23(31)35)27-15(3)32/h7-12,14,19H,13H2,1-6H3,(H,27,32)(H,28,33)/t19-/m0/s1. The van der Waals surface area contributed by atoms with Gasteiger partial charge in [0.15, 0.2) is 0 Å². The van der Waals surface area contributed by atoms with Gasteiger partial charge in [-0.25, -0.2) is 4.98 Å². The van der Waals surface area contributed by atoms with E-state index in [9.17, 15) is 19.2 Å². The summed E-state index contributed by atoms with van der Waals surface area (Å²) >= 11 is 0. The Kier molecular flexibility index (Phi) is 7.81. The van der Waals surface area contributed by atoms with Crippen molar-refractivity contribution in [3.05, 3.63) is 58.7 Å². The van der Waals surface area contributed by atoms with Crippen LogP contribution < -0.4 is 16.2 Å². The Morgan fingerprint density at radius 1 is 1.08 bits per heavy atom. The highest BCUT2D eigenvalue weighted by molar-refractivity contribution is 5.98. The Morgan fingerprint density at radius 3 is 2.31 bits per heavy atom. The van der Waals surface area contributed by atoms with Crippen molar-refractivity contribution in [2.75, 3.05) is 5.32 Å². The van der Waals surface area contributed by atoms with E-state index in [0.29, 0.717) is 11.5 Å². The molecule has 11 heteroatoms. The lowest BCUT2D eigenvalue weighted by molar-refractivity contribution is -0.122. The van der Waals surface area contributed by atoms with Crippen LogP contribution in [0.1, 0.15) is 58.1 Å². The second-order valence-electron chi connectivity index (χ2n) is 9.75. The minimum absolute atomic E-state index is 0.0629. The number of rotatable bonds is 8. The smallest absolute Gasteiger partial charge is 0.286 e. The molecule has 0 aliphatic rings. The molecule has 11 nitrogen and oxygen atoms in total. The summed E-state index contributed by atoms with van der Waals surface area (Å²) in [7, 11) is 0. The second kappa shape index (κ2) is 10.6. The van der Waals surface area contributed by atoms with Gasteiger partial charge in [0, 0.05) is 17.9 Å². The van der Waals surface area contributed by atoms with Crippen molar-refractivity contribution >= 4 is 23.3 Å². The first-order valence-electron chi connectivity index (χ1n) is 11.5. The third-order valence-corrected chi connectivity index (χ3v) is 5.23. The molecule has 2 heterocycles. The topological polar surface area (TPSA) is 149 Å². The zero-order valence-electron chi connectivity index (χ0n) is 21.2. The maximum absolute atomic E-state index is 13.1. The molecule has 0 aliphatic carbocycles. The van der Waals surface area contributed by atoms with Crippen molar-refractivity contribution in [1.82, 2.24) is 25.1 Å².